The summed E-state index contributed by atoms with van der Waals surface area (Å²) in [6.45, 7) is 18.8. The zero-order valence-corrected chi connectivity index (χ0v) is 29.6. The molecule has 10 atom stereocenters. The Morgan fingerprint density at radius 3 is 2.26 bits per heavy atom. The zero-order valence-electron chi connectivity index (χ0n) is 28.6. The van der Waals surface area contributed by atoms with E-state index in [-0.39, 0.29) is 18.3 Å². The van der Waals surface area contributed by atoms with Gasteiger partial charge < -0.3 is 38.0 Å². The van der Waals surface area contributed by atoms with Gasteiger partial charge in [0.2, 0.25) is 0 Å². The fourth-order valence-electron chi connectivity index (χ4n) is 5.63. The van der Waals surface area contributed by atoms with Crippen molar-refractivity contribution in [2.45, 2.75) is 135 Å². The van der Waals surface area contributed by atoms with E-state index in [1.54, 1.807) is 6.92 Å². The van der Waals surface area contributed by atoms with Crippen LogP contribution in [0, 0.1) is 11.8 Å². The van der Waals surface area contributed by atoms with Gasteiger partial charge in [0.15, 0.2) is 27.0 Å². The first kappa shape index (κ1) is 37.9. The van der Waals surface area contributed by atoms with Crippen molar-refractivity contribution < 1.29 is 47.5 Å². The number of hydrogen-bond donors (Lipinski definition) is 1. The third-order valence-corrected chi connectivity index (χ3v) is 14.2. The van der Waals surface area contributed by atoms with Crippen molar-refractivity contribution in [1.29, 1.82) is 0 Å². The number of carbonyl (C=O) groups excluding carboxylic acids is 2. The molecule has 14 heteroatoms. The minimum atomic E-state index is -2.50. The van der Waals surface area contributed by atoms with Gasteiger partial charge in [-0.2, -0.15) is 0 Å². The summed E-state index contributed by atoms with van der Waals surface area (Å²) < 4.78 is 42.9. The van der Waals surface area contributed by atoms with Crippen LogP contribution in [0.15, 0.2) is 35.4 Å². The van der Waals surface area contributed by atoms with Gasteiger partial charge >= 0.3 is 11.9 Å². The summed E-state index contributed by atoms with van der Waals surface area (Å²) in [5.41, 5.74) is 10.4. The first-order valence-corrected chi connectivity index (χ1v) is 18.7. The van der Waals surface area contributed by atoms with Gasteiger partial charge in [0.05, 0.1) is 24.9 Å². The summed E-state index contributed by atoms with van der Waals surface area (Å²) in [7, 11) is -2.50. The van der Waals surface area contributed by atoms with E-state index in [0.29, 0.717) is 5.92 Å². The van der Waals surface area contributed by atoms with Crippen LogP contribution in [0.5, 0.6) is 0 Å². The fraction of sp³-hybridized carbons (Fsp3) is 0.750. The normalized spacial score (nSPS) is 32.0. The maximum Gasteiger partial charge on any atom is 0.303 e. The second-order valence-corrected chi connectivity index (χ2v) is 18.1. The molecule has 0 aliphatic carbocycles. The Labute approximate surface area is 272 Å². The van der Waals surface area contributed by atoms with Gasteiger partial charge in [0.25, 0.3) is 0 Å². The number of aliphatic hydroxyl groups excluding tert-OH is 1. The Balaban J connectivity index is 1.96. The van der Waals surface area contributed by atoms with E-state index in [0.717, 1.165) is 5.56 Å². The number of benzene rings is 1. The highest BCUT2D eigenvalue weighted by molar-refractivity contribution is 6.74. The van der Waals surface area contributed by atoms with Crippen molar-refractivity contribution in [2.24, 2.45) is 17.0 Å². The van der Waals surface area contributed by atoms with E-state index in [4.69, 9.17) is 32.8 Å². The van der Waals surface area contributed by atoms with Crippen LogP contribution in [-0.2, 0) is 49.0 Å². The smallest absolute Gasteiger partial charge is 0.303 e. The van der Waals surface area contributed by atoms with Crippen LogP contribution in [0.4, 0.5) is 0 Å². The van der Waals surface area contributed by atoms with Crippen molar-refractivity contribution in [3.05, 3.63) is 46.3 Å². The number of azide groups is 1. The second kappa shape index (κ2) is 16.0. The van der Waals surface area contributed by atoms with Gasteiger partial charge in [0.1, 0.15) is 24.9 Å². The van der Waals surface area contributed by atoms with Crippen molar-refractivity contribution >= 4 is 20.3 Å². The van der Waals surface area contributed by atoms with Gasteiger partial charge in [-0.05, 0) is 48.0 Å². The van der Waals surface area contributed by atoms with Crippen LogP contribution in [-0.4, -0.2) is 87.2 Å². The molecule has 0 spiro atoms. The van der Waals surface area contributed by atoms with Crippen molar-refractivity contribution in [3.63, 3.8) is 0 Å². The zero-order chi connectivity index (χ0) is 34.4. The van der Waals surface area contributed by atoms with E-state index in [9.17, 15) is 20.2 Å². The molecular formula is C32H51N3O10Si. The van der Waals surface area contributed by atoms with Gasteiger partial charge in [-0.25, -0.2) is 0 Å². The van der Waals surface area contributed by atoms with Crippen molar-refractivity contribution in [1.82, 2.24) is 0 Å². The number of rotatable bonds is 13. The molecule has 0 radical (unpaired) electrons. The molecule has 258 valence electrons. The van der Waals surface area contributed by atoms with Crippen LogP contribution in [0.3, 0.4) is 0 Å². The van der Waals surface area contributed by atoms with Gasteiger partial charge in [-0.1, -0.05) is 70.1 Å². The van der Waals surface area contributed by atoms with E-state index < -0.39 is 81.4 Å². The maximum atomic E-state index is 12.3. The van der Waals surface area contributed by atoms with Crippen molar-refractivity contribution in [3.8, 4) is 0 Å². The molecule has 1 aromatic rings. The quantitative estimate of drug-likeness (QED) is 0.0965. The molecule has 0 amide bonds. The molecule has 0 aromatic heterocycles. The average Bonchev–Trinajstić information content (AvgIpc) is 2.97. The highest BCUT2D eigenvalue weighted by Gasteiger charge is 2.54. The average molecular weight is 666 g/mol. The Bertz CT molecular complexity index is 1210. The molecule has 13 nitrogen and oxygen atoms in total. The monoisotopic (exact) mass is 665 g/mol. The maximum absolute atomic E-state index is 12.3. The van der Waals surface area contributed by atoms with E-state index >= 15 is 0 Å². The summed E-state index contributed by atoms with van der Waals surface area (Å²) in [5, 5.41) is 15.0. The van der Waals surface area contributed by atoms with Crippen LogP contribution in [0.25, 0.3) is 10.4 Å². The Hall–Kier alpha value is -2.55. The number of esters is 2. The molecule has 2 heterocycles. The Kier molecular flexibility index (Phi) is 13.2. The van der Waals surface area contributed by atoms with Crippen LogP contribution in [0.1, 0.15) is 61.0 Å². The van der Waals surface area contributed by atoms with E-state index in [2.05, 4.69) is 50.8 Å². The van der Waals surface area contributed by atoms with Crippen LogP contribution < -0.4 is 0 Å². The lowest BCUT2D eigenvalue weighted by Crippen LogP contribution is -2.64. The highest BCUT2D eigenvalue weighted by Crippen LogP contribution is 2.46. The standard InChI is InChI=1S/C32H51N3O10Si/c1-18(2)32(7,8)46(9,10)45-30-25(34-35-33)19(3)27(24(43-30)17-39-21(5)36)44-31-29(42-22(6)37)28(26(38)20(4)41-31)40-16-23-14-12-11-13-15-23/h11-15,18-20,24-31,38H,16-17H2,1-10H3/t19-,20?,24?,25?,26-,27+,28-,29?,30+,31+/m1/s1. The summed E-state index contributed by atoms with van der Waals surface area (Å²) in [6, 6.07) is 8.57. The lowest BCUT2D eigenvalue weighted by atomic mass is 9.89. The molecule has 0 saturated carbocycles. The van der Waals surface area contributed by atoms with Gasteiger partial charge in [-0.15, -0.1) is 0 Å². The number of aliphatic hydroxyl groups is 1. The van der Waals surface area contributed by atoms with Crippen LogP contribution >= 0.6 is 0 Å². The van der Waals surface area contributed by atoms with E-state index in [1.165, 1.54) is 13.8 Å². The number of carbonyl (C=O) groups is 2. The molecule has 1 aromatic carbocycles. The number of hydrogen-bond acceptors (Lipinski definition) is 11. The molecule has 2 aliphatic rings. The van der Waals surface area contributed by atoms with Crippen LogP contribution in [0.2, 0.25) is 18.1 Å². The minimum absolute atomic E-state index is 0.141. The lowest BCUT2D eigenvalue weighted by molar-refractivity contribution is -0.339. The predicted molar refractivity (Wildman–Crippen MR) is 171 cm³/mol. The fourth-order valence-corrected chi connectivity index (χ4v) is 8.10. The summed E-state index contributed by atoms with van der Waals surface area (Å²) >= 11 is 0. The molecule has 4 unspecified atom stereocenters. The Morgan fingerprint density at radius 2 is 1.70 bits per heavy atom. The molecule has 2 saturated heterocycles. The number of ether oxygens (including phenoxy) is 6. The third kappa shape index (κ3) is 9.07. The van der Waals surface area contributed by atoms with E-state index in [1.807, 2.05) is 37.3 Å². The SMILES string of the molecule is CC(=O)OCC1O[C@@H](O[Si](C)(C)C(C)(C)C(C)C)C(N=[N+]=[N-])[C@@H](C)[C@@H]1O[C@@H]1OC(C)[C@@H](O)[C@@H](OCc2ccccc2)C1OC(C)=O. The van der Waals surface area contributed by atoms with Gasteiger partial charge in [0, 0.05) is 18.8 Å². The first-order chi connectivity index (χ1) is 21.5. The first-order valence-electron chi connectivity index (χ1n) is 15.8. The van der Waals surface area contributed by atoms with Gasteiger partial charge in [-0.3, -0.25) is 9.59 Å². The highest BCUT2D eigenvalue weighted by atomic mass is 28.4. The molecule has 0 bridgehead atoms. The molecule has 46 heavy (non-hydrogen) atoms. The predicted octanol–water partition coefficient (Wildman–Crippen LogP) is 5.26. The summed E-state index contributed by atoms with van der Waals surface area (Å²) in [5.74, 6) is -1.37. The lowest BCUT2D eigenvalue weighted by Gasteiger charge is -2.51. The Morgan fingerprint density at radius 1 is 1.04 bits per heavy atom. The largest absolute Gasteiger partial charge is 0.463 e. The molecule has 1 N–H and O–H groups in total. The molecule has 3 rings (SSSR count). The molecular weight excluding hydrogens is 614 g/mol. The molecule has 2 aliphatic heterocycles. The van der Waals surface area contributed by atoms with Crippen molar-refractivity contribution in [2.75, 3.05) is 6.61 Å². The minimum Gasteiger partial charge on any atom is -0.463 e. The summed E-state index contributed by atoms with van der Waals surface area (Å²) in [4.78, 5) is 27.3. The summed E-state index contributed by atoms with van der Waals surface area (Å²) in [6.07, 6.45) is -7.98. The second-order valence-electron chi connectivity index (χ2n) is 13.5. The third-order valence-electron chi connectivity index (χ3n) is 9.69. The topological polar surface area (TPSA) is 168 Å². The number of nitrogens with zero attached hydrogens (tertiary/aromatic N) is 3. The molecule has 2 fully saturated rings.